The standard InChI is InChI=1S/C13H14F6N2O2S2/c1-2-21(6-11(20)24)25(22,23)7-8-3-4-9(12(14,15)16)5-10(8)13(17,18)19/h3-5H,2,6-7H2,1H3,(H2,20,24). The molecule has 0 unspecified atom stereocenters. The van der Waals surface area contributed by atoms with Crippen molar-refractivity contribution in [2.45, 2.75) is 25.0 Å². The number of hydrogen-bond donors (Lipinski definition) is 1. The topological polar surface area (TPSA) is 63.4 Å². The molecule has 2 N–H and O–H groups in total. The van der Waals surface area contributed by atoms with E-state index in [-0.39, 0.29) is 24.1 Å². The van der Waals surface area contributed by atoms with Gasteiger partial charge in [0, 0.05) is 6.54 Å². The molecule has 142 valence electrons. The van der Waals surface area contributed by atoms with Crippen LogP contribution in [-0.4, -0.2) is 30.8 Å². The molecule has 1 rings (SSSR count). The Morgan fingerprint density at radius 3 is 2.12 bits per heavy atom. The number of benzene rings is 1. The first kappa shape index (κ1) is 21.6. The van der Waals surface area contributed by atoms with E-state index in [1.54, 1.807) is 0 Å². The third-order valence-corrected chi connectivity index (χ3v) is 5.14. The number of alkyl halides is 6. The average Bonchev–Trinajstić information content (AvgIpc) is 2.41. The molecule has 4 nitrogen and oxygen atoms in total. The molecule has 0 atom stereocenters. The fourth-order valence-corrected chi connectivity index (χ4v) is 3.81. The summed E-state index contributed by atoms with van der Waals surface area (Å²) in [6.07, 6.45) is -10.1. The monoisotopic (exact) mass is 408 g/mol. The van der Waals surface area contributed by atoms with Crippen molar-refractivity contribution in [2.24, 2.45) is 5.73 Å². The van der Waals surface area contributed by atoms with Crippen molar-refractivity contribution in [3.05, 3.63) is 34.9 Å². The third-order valence-electron chi connectivity index (χ3n) is 3.16. The fraction of sp³-hybridized carbons (Fsp3) is 0.462. The zero-order valence-corrected chi connectivity index (χ0v) is 14.4. The van der Waals surface area contributed by atoms with Gasteiger partial charge in [0.25, 0.3) is 0 Å². The van der Waals surface area contributed by atoms with Crippen LogP contribution in [0.5, 0.6) is 0 Å². The molecule has 0 aliphatic carbocycles. The Balaban J connectivity index is 3.35. The van der Waals surface area contributed by atoms with Gasteiger partial charge in [-0.2, -0.15) is 30.6 Å². The van der Waals surface area contributed by atoms with E-state index in [2.05, 4.69) is 12.2 Å². The lowest BCUT2D eigenvalue weighted by atomic mass is 10.0. The highest BCUT2D eigenvalue weighted by Crippen LogP contribution is 2.38. The van der Waals surface area contributed by atoms with Crippen molar-refractivity contribution >= 4 is 27.2 Å². The van der Waals surface area contributed by atoms with Gasteiger partial charge < -0.3 is 5.73 Å². The fourth-order valence-electron chi connectivity index (χ4n) is 2.01. The van der Waals surface area contributed by atoms with Crippen LogP contribution < -0.4 is 5.73 Å². The van der Waals surface area contributed by atoms with Crippen LogP contribution in [0.4, 0.5) is 26.3 Å². The molecule has 0 aliphatic heterocycles. The SMILES string of the molecule is CCN(CC(N)=S)S(=O)(=O)Cc1ccc(C(F)(F)F)cc1C(F)(F)F. The lowest BCUT2D eigenvalue weighted by molar-refractivity contribution is -0.143. The van der Waals surface area contributed by atoms with Crippen LogP contribution >= 0.6 is 12.2 Å². The molecular formula is C13H14F6N2O2S2. The second-order valence-corrected chi connectivity index (χ2v) is 7.51. The molecule has 1 aromatic rings. The van der Waals surface area contributed by atoms with Gasteiger partial charge >= 0.3 is 12.4 Å². The van der Waals surface area contributed by atoms with Crippen LogP contribution in [0.1, 0.15) is 23.6 Å². The summed E-state index contributed by atoms with van der Waals surface area (Å²) in [6, 6.07) is 0.816. The summed E-state index contributed by atoms with van der Waals surface area (Å²) in [5, 5.41) is 0. The van der Waals surface area contributed by atoms with Gasteiger partial charge in [-0.25, -0.2) is 8.42 Å². The lowest BCUT2D eigenvalue weighted by Gasteiger charge is -2.21. The summed E-state index contributed by atoms with van der Waals surface area (Å²) in [5.41, 5.74) is 1.28. The highest BCUT2D eigenvalue weighted by Gasteiger charge is 2.39. The molecule has 0 saturated heterocycles. The highest BCUT2D eigenvalue weighted by atomic mass is 32.2. The van der Waals surface area contributed by atoms with E-state index in [0.29, 0.717) is 12.1 Å². The third kappa shape index (κ3) is 5.82. The smallest absolute Gasteiger partial charge is 0.392 e. The number of nitrogens with zero attached hydrogens (tertiary/aromatic N) is 1. The van der Waals surface area contributed by atoms with Crippen molar-refractivity contribution in [1.82, 2.24) is 4.31 Å². The second kappa shape index (κ2) is 7.46. The molecule has 0 aromatic heterocycles. The lowest BCUT2D eigenvalue weighted by Crippen LogP contribution is -2.38. The molecule has 1 aromatic carbocycles. The first-order valence-corrected chi connectivity index (χ1v) is 8.73. The van der Waals surface area contributed by atoms with Gasteiger partial charge in [-0.15, -0.1) is 0 Å². The predicted molar refractivity (Wildman–Crippen MR) is 83.1 cm³/mol. The van der Waals surface area contributed by atoms with Crippen molar-refractivity contribution in [3.63, 3.8) is 0 Å². The Morgan fingerprint density at radius 2 is 1.72 bits per heavy atom. The number of nitrogens with two attached hydrogens (primary N) is 1. The quantitative estimate of drug-likeness (QED) is 0.580. The van der Waals surface area contributed by atoms with Crippen molar-refractivity contribution in [3.8, 4) is 0 Å². The summed E-state index contributed by atoms with van der Waals surface area (Å²) in [4.78, 5) is -0.186. The number of hydrogen-bond acceptors (Lipinski definition) is 3. The summed E-state index contributed by atoms with van der Waals surface area (Å²) in [5.74, 6) is -1.13. The zero-order valence-electron chi connectivity index (χ0n) is 12.8. The minimum absolute atomic E-state index is 0.102. The van der Waals surface area contributed by atoms with Gasteiger partial charge in [0.2, 0.25) is 10.0 Å². The molecule has 0 aliphatic rings. The van der Waals surface area contributed by atoms with Crippen LogP contribution in [0.15, 0.2) is 18.2 Å². The Labute approximate surface area is 145 Å². The Bertz CT molecular complexity index is 744. The summed E-state index contributed by atoms with van der Waals surface area (Å²) >= 11 is 4.58. The summed E-state index contributed by atoms with van der Waals surface area (Å²) in [7, 11) is -4.27. The molecule has 0 radical (unpaired) electrons. The van der Waals surface area contributed by atoms with Gasteiger partial charge in [0.05, 0.1) is 28.4 Å². The first-order valence-electron chi connectivity index (χ1n) is 6.72. The Hall–Kier alpha value is -1.40. The zero-order chi connectivity index (χ0) is 19.6. The molecular weight excluding hydrogens is 394 g/mol. The number of sulfonamides is 1. The van der Waals surface area contributed by atoms with E-state index >= 15 is 0 Å². The molecule has 12 heteroatoms. The second-order valence-electron chi connectivity index (χ2n) is 5.02. The molecule has 0 spiro atoms. The number of thiocarbonyl (C=S) groups is 1. The van der Waals surface area contributed by atoms with E-state index in [1.807, 2.05) is 0 Å². The number of halogens is 6. The summed E-state index contributed by atoms with van der Waals surface area (Å²) in [6.45, 7) is 0.936. The van der Waals surface area contributed by atoms with Gasteiger partial charge in [-0.05, 0) is 17.7 Å². The van der Waals surface area contributed by atoms with E-state index < -0.39 is 44.8 Å². The van der Waals surface area contributed by atoms with Gasteiger partial charge in [0.1, 0.15) is 0 Å². The van der Waals surface area contributed by atoms with Crippen molar-refractivity contribution in [1.29, 1.82) is 0 Å². The first-order chi connectivity index (χ1) is 11.2. The van der Waals surface area contributed by atoms with Gasteiger partial charge in [-0.1, -0.05) is 25.2 Å². The van der Waals surface area contributed by atoms with Crippen LogP contribution in [-0.2, 0) is 28.1 Å². The Morgan fingerprint density at radius 1 is 1.16 bits per heavy atom. The van der Waals surface area contributed by atoms with E-state index in [0.717, 1.165) is 4.31 Å². The normalized spacial score (nSPS) is 13.3. The largest absolute Gasteiger partial charge is 0.416 e. The summed E-state index contributed by atoms with van der Waals surface area (Å²) < 4.78 is 102. The minimum Gasteiger partial charge on any atom is -0.392 e. The number of rotatable bonds is 6. The Kier molecular flexibility index (Phi) is 6.46. The van der Waals surface area contributed by atoms with Crippen LogP contribution in [0.25, 0.3) is 0 Å². The molecule has 0 amide bonds. The van der Waals surface area contributed by atoms with Crippen LogP contribution in [0.2, 0.25) is 0 Å². The highest BCUT2D eigenvalue weighted by molar-refractivity contribution is 7.88. The van der Waals surface area contributed by atoms with E-state index in [4.69, 9.17) is 5.73 Å². The van der Waals surface area contributed by atoms with Crippen LogP contribution in [0.3, 0.4) is 0 Å². The number of likely N-dealkylation sites (N-methyl/N-ethyl adjacent to an activating group) is 1. The maximum Gasteiger partial charge on any atom is 0.416 e. The molecule has 0 saturated carbocycles. The average molecular weight is 408 g/mol. The van der Waals surface area contributed by atoms with E-state index in [1.165, 1.54) is 6.92 Å². The maximum atomic E-state index is 13.1. The molecule has 0 bridgehead atoms. The van der Waals surface area contributed by atoms with E-state index in [9.17, 15) is 34.8 Å². The van der Waals surface area contributed by atoms with Gasteiger partial charge in [-0.3, -0.25) is 0 Å². The van der Waals surface area contributed by atoms with Crippen molar-refractivity contribution in [2.75, 3.05) is 13.1 Å². The maximum absolute atomic E-state index is 13.1. The van der Waals surface area contributed by atoms with Gasteiger partial charge in [0.15, 0.2) is 0 Å². The molecule has 0 heterocycles. The molecule has 25 heavy (non-hydrogen) atoms. The minimum atomic E-state index is -5.15. The predicted octanol–water partition coefficient (Wildman–Crippen LogP) is 3.16. The van der Waals surface area contributed by atoms with Crippen LogP contribution in [0, 0.1) is 0 Å². The molecule has 0 fully saturated rings. The van der Waals surface area contributed by atoms with Crippen molar-refractivity contribution < 1.29 is 34.8 Å².